The fourth-order valence-electron chi connectivity index (χ4n) is 5.37. The lowest BCUT2D eigenvalue weighted by Crippen LogP contribution is -2.46. The van der Waals surface area contributed by atoms with Gasteiger partial charge in [0.05, 0.1) is 18.5 Å². The van der Waals surface area contributed by atoms with Crippen molar-refractivity contribution in [1.82, 2.24) is 24.4 Å². The zero-order valence-electron chi connectivity index (χ0n) is 18.8. The number of aliphatic hydroxyl groups is 1. The maximum atomic E-state index is 9.17. The Labute approximate surface area is 193 Å². The minimum Gasteiger partial charge on any atom is -0.395 e. The van der Waals surface area contributed by atoms with Gasteiger partial charge in [-0.25, -0.2) is 4.98 Å². The van der Waals surface area contributed by atoms with E-state index in [1.54, 1.807) is 4.52 Å². The van der Waals surface area contributed by atoms with Crippen LogP contribution in [0, 0.1) is 0 Å². The number of piperazine rings is 1. The van der Waals surface area contributed by atoms with Gasteiger partial charge in [-0.3, -0.25) is 9.80 Å². The van der Waals surface area contributed by atoms with Crippen LogP contribution in [0.25, 0.3) is 17.3 Å². The molecule has 2 fully saturated rings. The molecule has 0 bridgehead atoms. The highest BCUT2D eigenvalue weighted by Crippen LogP contribution is 2.47. The van der Waals surface area contributed by atoms with Crippen LogP contribution in [0.4, 0.5) is 5.82 Å². The van der Waals surface area contributed by atoms with E-state index in [4.69, 9.17) is 10.7 Å². The maximum Gasteiger partial charge on any atom is 0.165 e. The fraction of sp³-hybridized carbons (Fsp3) is 0.385. The second-order valence-corrected chi connectivity index (χ2v) is 9.35. The highest BCUT2D eigenvalue weighted by molar-refractivity contribution is 5.94. The third-order valence-corrected chi connectivity index (χ3v) is 7.32. The standard InChI is InChI=1S/C26H30N6O/c27-25-15-21(17-31-9-7-30(8-10-31)11-12-33)29-26-24(16-28-32(25)26)20-13-18-3-1-2-4-22(18)23-6-5-19(23)14-20/h1-4,13-16,23,33H,5-12,17,27H2. The molecule has 1 saturated heterocycles. The number of nitrogens with two attached hydrogens (primary N) is 1. The van der Waals surface area contributed by atoms with E-state index < -0.39 is 0 Å². The highest BCUT2D eigenvalue weighted by Gasteiger charge is 2.30. The third kappa shape index (κ3) is 3.76. The second-order valence-electron chi connectivity index (χ2n) is 9.35. The smallest absolute Gasteiger partial charge is 0.165 e. The Morgan fingerprint density at radius 1 is 1.06 bits per heavy atom. The van der Waals surface area contributed by atoms with Gasteiger partial charge in [-0.15, -0.1) is 0 Å². The lowest BCUT2D eigenvalue weighted by Gasteiger charge is -2.34. The van der Waals surface area contributed by atoms with Gasteiger partial charge in [-0.2, -0.15) is 9.61 Å². The zero-order valence-corrected chi connectivity index (χ0v) is 18.8. The molecular formula is C26H30N6O. The number of allylic oxidation sites excluding steroid dienone is 3. The van der Waals surface area contributed by atoms with Crippen LogP contribution in [-0.4, -0.2) is 68.8 Å². The quantitative estimate of drug-likeness (QED) is 0.632. The van der Waals surface area contributed by atoms with Crippen molar-refractivity contribution in [3.05, 3.63) is 70.6 Å². The van der Waals surface area contributed by atoms with E-state index >= 15 is 0 Å². The van der Waals surface area contributed by atoms with E-state index in [0.717, 1.165) is 68.2 Å². The van der Waals surface area contributed by atoms with Crippen LogP contribution in [0.1, 0.15) is 41.1 Å². The first kappa shape index (κ1) is 20.6. The third-order valence-electron chi connectivity index (χ3n) is 7.32. The van der Waals surface area contributed by atoms with Crippen LogP contribution in [-0.2, 0) is 6.54 Å². The van der Waals surface area contributed by atoms with Gasteiger partial charge in [0.1, 0.15) is 5.82 Å². The first-order valence-electron chi connectivity index (χ1n) is 11.9. The Balaban J connectivity index is 1.33. The Morgan fingerprint density at radius 2 is 1.88 bits per heavy atom. The summed E-state index contributed by atoms with van der Waals surface area (Å²) < 4.78 is 1.76. The minimum atomic E-state index is 0.218. The average Bonchev–Trinajstić information content (AvgIpc) is 3.18. The van der Waals surface area contributed by atoms with Gasteiger partial charge in [-0.1, -0.05) is 35.9 Å². The van der Waals surface area contributed by atoms with Crippen molar-refractivity contribution >= 4 is 23.1 Å². The predicted molar refractivity (Wildman–Crippen MR) is 131 cm³/mol. The molecule has 170 valence electrons. The van der Waals surface area contributed by atoms with Crippen molar-refractivity contribution in [3.8, 4) is 0 Å². The number of fused-ring (bicyclic) bond motifs is 4. The van der Waals surface area contributed by atoms with Gasteiger partial charge in [-0.05, 0) is 35.6 Å². The number of benzene rings is 1. The van der Waals surface area contributed by atoms with Crippen molar-refractivity contribution < 1.29 is 5.11 Å². The largest absolute Gasteiger partial charge is 0.395 e. The molecule has 33 heavy (non-hydrogen) atoms. The van der Waals surface area contributed by atoms with E-state index in [9.17, 15) is 5.11 Å². The van der Waals surface area contributed by atoms with Crippen molar-refractivity contribution in [2.24, 2.45) is 0 Å². The summed E-state index contributed by atoms with van der Waals surface area (Å²) in [5, 5.41) is 13.7. The molecule has 0 amide bonds. The summed E-state index contributed by atoms with van der Waals surface area (Å²) in [6.07, 6.45) is 8.90. The van der Waals surface area contributed by atoms with Crippen molar-refractivity contribution in [1.29, 1.82) is 0 Å². The van der Waals surface area contributed by atoms with Crippen LogP contribution >= 0.6 is 0 Å². The molecule has 2 aromatic heterocycles. The van der Waals surface area contributed by atoms with Crippen molar-refractivity contribution in [3.63, 3.8) is 0 Å². The number of hydrogen-bond acceptors (Lipinski definition) is 6. The van der Waals surface area contributed by atoms with E-state index in [2.05, 4.69) is 51.3 Å². The topological polar surface area (TPSA) is 82.9 Å². The molecule has 0 spiro atoms. The van der Waals surface area contributed by atoms with Crippen LogP contribution in [0.15, 0.2) is 48.2 Å². The summed E-state index contributed by atoms with van der Waals surface area (Å²) in [6.45, 7) is 5.61. The van der Waals surface area contributed by atoms with Crippen LogP contribution in [0.5, 0.6) is 0 Å². The molecule has 3 aromatic rings. The molecule has 0 radical (unpaired) electrons. The molecule has 7 nitrogen and oxygen atoms in total. The van der Waals surface area contributed by atoms with Crippen LogP contribution in [0.2, 0.25) is 0 Å². The Morgan fingerprint density at radius 3 is 2.67 bits per heavy atom. The summed E-state index contributed by atoms with van der Waals surface area (Å²) in [7, 11) is 0. The molecule has 1 saturated carbocycles. The molecule has 1 aromatic carbocycles. The number of hydrogen-bond donors (Lipinski definition) is 2. The molecule has 7 heteroatoms. The van der Waals surface area contributed by atoms with Crippen LogP contribution in [0.3, 0.4) is 0 Å². The SMILES string of the molecule is Nc1cc(CN2CCN(CCO)CC2)nc2c(C3=Cc4ccccc4C4CCC4=C3)cnn12. The Bertz CT molecular complexity index is 1250. The number of aromatic nitrogens is 3. The van der Waals surface area contributed by atoms with E-state index in [0.29, 0.717) is 11.7 Å². The Hall–Kier alpha value is -3.00. The van der Waals surface area contributed by atoms with E-state index in [1.165, 1.54) is 23.1 Å². The molecule has 3 heterocycles. The fourth-order valence-corrected chi connectivity index (χ4v) is 5.37. The van der Waals surface area contributed by atoms with Gasteiger partial charge in [0.2, 0.25) is 0 Å². The first-order chi connectivity index (χ1) is 16.2. The van der Waals surface area contributed by atoms with E-state index in [1.807, 2.05) is 12.3 Å². The molecular weight excluding hydrogens is 412 g/mol. The van der Waals surface area contributed by atoms with Gasteiger partial charge in [0, 0.05) is 56.8 Å². The highest BCUT2D eigenvalue weighted by atomic mass is 16.3. The van der Waals surface area contributed by atoms with Crippen molar-refractivity contribution in [2.45, 2.75) is 25.3 Å². The summed E-state index contributed by atoms with van der Waals surface area (Å²) in [5.74, 6) is 1.15. The zero-order chi connectivity index (χ0) is 22.4. The molecule has 6 rings (SSSR count). The van der Waals surface area contributed by atoms with Gasteiger partial charge in [0.15, 0.2) is 5.65 Å². The number of β-amino-alcohol motifs (C(OH)–C–C–N with tert-alkyl or cyclic N) is 1. The molecule has 1 aliphatic heterocycles. The van der Waals surface area contributed by atoms with Gasteiger partial charge >= 0.3 is 0 Å². The number of anilines is 1. The minimum absolute atomic E-state index is 0.218. The number of aliphatic hydroxyl groups excluding tert-OH is 1. The summed E-state index contributed by atoms with van der Waals surface area (Å²) in [6, 6.07) is 10.7. The monoisotopic (exact) mass is 442 g/mol. The number of nitrogens with zero attached hydrogens (tertiary/aromatic N) is 5. The second kappa shape index (κ2) is 8.41. The van der Waals surface area contributed by atoms with Crippen molar-refractivity contribution in [2.75, 3.05) is 45.1 Å². The average molecular weight is 443 g/mol. The van der Waals surface area contributed by atoms with E-state index in [-0.39, 0.29) is 6.61 Å². The summed E-state index contributed by atoms with van der Waals surface area (Å²) >= 11 is 0. The lowest BCUT2D eigenvalue weighted by atomic mass is 9.74. The van der Waals surface area contributed by atoms with Crippen LogP contribution < -0.4 is 5.73 Å². The predicted octanol–water partition coefficient (Wildman–Crippen LogP) is 2.78. The normalized spacial score (nSPS) is 21.1. The molecule has 2 aliphatic carbocycles. The molecule has 1 unspecified atom stereocenters. The summed E-state index contributed by atoms with van der Waals surface area (Å²) in [5.41, 5.74) is 14.6. The number of rotatable bonds is 5. The molecule has 3 N–H and O–H groups in total. The Kier molecular flexibility index (Phi) is 5.25. The molecule has 3 aliphatic rings. The first-order valence-corrected chi connectivity index (χ1v) is 11.9. The maximum absolute atomic E-state index is 9.17. The summed E-state index contributed by atoms with van der Waals surface area (Å²) in [4.78, 5) is 9.73. The van der Waals surface area contributed by atoms with Gasteiger partial charge in [0.25, 0.3) is 0 Å². The number of nitrogen functional groups attached to an aromatic ring is 1. The van der Waals surface area contributed by atoms with Gasteiger partial charge < -0.3 is 10.8 Å². The molecule has 1 atom stereocenters. The lowest BCUT2D eigenvalue weighted by molar-refractivity contribution is 0.108.